The molecule has 7 nitrogen and oxygen atoms in total. The van der Waals surface area contributed by atoms with Gasteiger partial charge in [-0.2, -0.15) is 0 Å². The number of amides is 3. The fourth-order valence-electron chi connectivity index (χ4n) is 4.14. The van der Waals surface area contributed by atoms with Gasteiger partial charge in [-0.3, -0.25) is 19.5 Å². The predicted octanol–water partition coefficient (Wildman–Crippen LogP) is 3.00. The third kappa shape index (κ3) is 3.69. The number of fused-ring (bicyclic) bond motifs is 3. The predicted molar refractivity (Wildman–Crippen MR) is 111 cm³/mol. The molecule has 1 fully saturated rings. The molecular formula is C19H24N4O3S2. The van der Waals surface area contributed by atoms with Crippen LogP contribution in [0, 0.1) is 0 Å². The molecule has 150 valence electrons. The van der Waals surface area contributed by atoms with Crippen LogP contribution in [0.3, 0.4) is 0 Å². The summed E-state index contributed by atoms with van der Waals surface area (Å²) in [7, 11) is 1.46. The number of aromatic nitrogens is 2. The molecule has 2 heterocycles. The number of carbonyl (C=O) groups is 2. The van der Waals surface area contributed by atoms with Gasteiger partial charge in [0, 0.05) is 18.0 Å². The van der Waals surface area contributed by atoms with E-state index in [-0.39, 0.29) is 17.4 Å². The van der Waals surface area contributed by atoms with Crippen molar-refractivity contribution >= 4 is 45.3 Å². The van der Waals surface area contributed by atoms with Crippen LogP contribution in [0.15, 0.2) is 9.95 Å². The summed E-state index contributed by atoms with van der Waals surface area (Å²) in [6, 6.07) is -0.388. The number of nitrogens with one attached hydrogen (secondary N) is 2. The first-order valence-electron chi connectivity index (χ1n) is 9.79. The average Bonchev–Trinajstić information content (AvgIpc) is 3.33. The van der Waals surface area contributed by atoms with E-state index in [4.69, 9.17) is 4.98 Å². The van der Waals surface area contributed by atoms with Crippen molar-refractivity contribution in [1.29, 1.82) is 0 Å². The molecule has 2 aromatic heterocycles. The quantitative estimate of drug-likeness (QED) is 0.586. The summed E-state index contributed by atoms with van der Waals surface area (Å²) in [6.45, 7) is 0. The van der Waals surface area contributed by atoms with Crippen LogP contribution in [-0.4, -0.2) is 34.3 Å². The Hall–Kier alpha value is -1.87. The standard InChI is InChI=1S/C19H24N4O3S2/c1-20-18(26)21-14(24)10-27-19-22-16-15(12-8-4-5-9-13(12)28-16)17(25)23(19)11-6-2-3-7-11/h11H,2-10H2,1H3,(H2,20,21,24,26). The fraction of sp³-hybridized carbons (Fsp3) is 0.579. The van der Waals surface area contributed by atoms with Crippen LogP contribution in [0.5, 0.6) is 0 Å². The normalized spacial score (nSPS) is 16.9. The van der Waals surface area contributed by atoms with Gasteiger partial charge in [-0.05, 0) is 44.1 Å². The summed E-state index contributed by atoms with van der Waals surface area (Å²) in [5.74, 6) is -0.356. The van der Waals surface area contributed by atoms with Crippen LogP contribution >= 0.6 is 23.1 Å². The topological polar surface area (TPSA) is 93.1 Å². The number of thiophene rings is 1. The van der Waals surface area contributed by atoms with Gasteiger partial charge in [-0.1, -0.05) is 24.6 Å². The van der Waals surface area contributed by atoms with Gasteiger partial charge in [-0.15, -0.1) is 11.3 Å². The molecule has 4 rings (SSSR count). The summed E-state index contributed by atoms with van der Waals surface area (Å²) in [4.78, 5) is 43.7. The first-order chi connectivity index (χ1) is 13.6. The van der Waals surface area contributed by atoms with Crippen molar-refractivity contribution in [2.24, 2.45) is 0 Å². The highest BCUT2D eigenvalue weighted by molar-refractivity contribution is 7.99. The Kier molecular flexibility index (Phi) is 5.73. The van der Waals surface area contributed by atoms with Crippen molar-refractivity contribution in [3.8, 4) is 0 Å². The molecule has 0 atom stereocenters. The largest absolute Gasteiger partial charge is 0.341 e. The molecule has 3 amide bonds. The minimum Gasteiger partial charge on any atom is -0.341 e. The summed E-state index contributed by atoms with van der Waals surface area (Å²) >= 11 is 2.86. The molecule has 2 aliphatic carbocycles. The lowest BCUT2D eigenvalue weighted by atomic mass is 9.97. The van der Waals surface area contributed by atoms with E-state index in [1.807, 2.05) is 4.57 Å². The van der Waals surface area contributed by atoms with Crippen LogP contribution in [0.1, 0.15) is 55.0 Å². The Morgan fingerprint density at radius 2 is 1.96 bits per heavy atom. The zero-order chi connectivity index (χ0) is 19.7. The molecule has 2 aromatic rings. The number of rotatable bonds is 4. The van der Waals surface area contributed by atoms with Gasteiger partial charge >= 0.3 is 6.03 Å². The first kappa shape index (κ1) is 19.4. The second-order valence-corrected chi connectivity index (χ2v) is 9.34. The Bertz CT molecular complexity index is 976. The van der Waals surface area contributed by atoms with Gasteiger partial charge < -0.3 is 5.32 Å². The monoisotopic (exact) mass is 420 g/mol. The van der Waals surface area contributed by atoms with Crippen LogP contribution in [0.4, 0.5) is 4.79 Å². The lowest BCUT2D eigenvalue weighted by Gasteiger charge is -2.18. The zero-order valence-electron chi connectivity index (χ0n) is 15.9. The third-order valence-corrected chi connectivity index (χ3v) is 7.63. The van der Waals surface area contributed by atoms with Crippen LogP contribution in [0.25, 0.3) is 10.2 Å². The molecular weight excluding hydrogens is 396 g/mol. The maximum Gasteiger partial charge on any atom is 0.321 e. The van der Waals surface area contributed by atoms with Gasteiger partial charge in [0.15, 0.2) is 5.16 Å². The smallest absolute Gasteiger partial charge is 0.321 e. The molecule has 0 saturated heterocycles. The van der Waals surface area contributed by atoms with Crippen molar-refractivity contribution in [2.75, 3.05) is 12.8 Å². The molecule has 0 unspecified atom stereocenters. The molecule has 0 spiro atoms. The number of hydrogen-bond acceptors (Lipinski definition) is 6. The Morgan fingerprint density at radius 3 is 2.71 bits per heavy atom. The number of aryl methyl sites for hydroxylation is 2. The highest BCUT2D eigenvalue weighted by Gasteiger charge is 2.27. The van der Waals surface area contributed by atoms with Crippen LogP contribution in [-0.2, 0) is 17.6 Å². The van der Waals surface area contributed by atoms with Crippen molar-refractivity contribution in [3.63, 3.8) is 0 Å². The average molecular weight is 421 g/mol. The summed E-state index contributed by atoms with van der Waals surface area (Å²) in [6.07, 6.45) is 8.43. The molecule has 0 bridgehead atoms. The molecule has 9 heteroatoms. The SMILES string of the molecule is CNC(=O)NC(=O)CSc1nc2sc3c(c2c(=O)n1C1CCCC1)CCCC3. The molecule has 0 radical (unpaired) electrons. The Labute approximate surface area is 171 Å². The number of nitrogens with zero attached hydrogens (tertiary/aromatic N) is 2. The molecule has 2 N–H and O–H groups in total. The van der Waals surface area contributed by atoms with Crippen LogP contribution < -0.4 is 16.2 Å². The molecule has 1 saturated carbocycles. The van der Waals surface area contributed by atoms with E-state index in [9.17, 15) is 14.4 Å². The summed E-state index contributed by atoms with van der Waals surface area (Å²) in [5.41, 5.74) is 1.25. The molecule has 0 aromatic carbocycles. The highest BCUT2D eigenvalue weighted by atomic mass is 32.2. The molecule has 0 aliphatic heterocycles. The van der Waals surface area contributed by atoms with Gasteiger partial charge in [0.2, 0.25) is 5.91 Å². The van der Waals surface area contributed by atoms with E-state index in [0.29, 0.717) is 5.16 Å². The van der Waals surface area contributed by atoms with E-state index < -0.39 is 11.9 Å². The van der Waals surface area contributed by atoms with E-state index in [2.05, 4.69) is 10.6 Å². The zero-order valence-corrected chi connectivity index (χ0v) is 17.5. The maximum atomic E-state index is 13.5. The van der Waals surface area contributed by atoms with E-state index in [0.717, 1.165) is 61.6 Å². The molecule has 2 aliphatic rings. The van der Waals surface area contributed by atoms with Crippen molar-refractivity contribution in [1.82, 2.24) is 20.2 Å². The summed E-state index contributed by atoms with van der Waals surface area (Å²) in [5, 5.41) is 6.01. The van der Waals surface area contributed by atoms with Crippen LogP contribution in [0.2, 0.25) is 0 Å². The number of carbonyl (C=O) groups excluding carboxylic acids is 2. The Balaban J connectivity index is 1.71. The number of hydrogen-bond donors (Lipinski definition) is 2. The number of imide groups is 1. The van der Waals surface area contributed by atoms with Crippen molar-refractivity contribution < 1.29 is 9.59 Å². The fourth-order valence-corrected chi connectivity index (χ4v) is 6.31. The summed E-state index contributed by atoms with van der Waals surface area (Å²) < 4.78 is 1.83. The lowest BCUT2D eigenvalue weighted by molar-refractivity contribution is -0.117. The van der Waals surface area contributed by atoms with Gasteiger partial charge in [-0.25, -0.2) is 9.78 Å². The van der Waals surface area contributed by atoms with E-state index in [1.165, 1.54) is 29.3 Å². The Morgan fingerprint density at radius 1 is 1.21 bits per heavy atom. The second-order valence-electron chi connectivity index (χ2n) is 7.31. The first-order valence-corrected chi connectivity index (χ1v) is 11.6. The van der Waals surface area contributed by atoms with Gasteiger partial charge in [0.1, 0.15) is 4.83 Å². The minimum atomic E-state index is -0.534. The van der Waals surface area contributed by atoms with Crippen molar-refractivity contribution in [3.05, 3.63) is 20.8 Å². The van der Waals surface area contributed by atoms with Gasteiger partial charge in [0.25, 0.3) is 5.56 Å². The second kappa shape index (κ2) is 8.24. The van der Waals surface area contributed by atoms with E-state index >= 15 is 0 Å². The van der Waals surface area contributed by atoms with E-state index in [1.54, 1.807) is 11.3 Å². The maximum absolute atomic E-state index is 13.5. The van der Waals surface area contributed by atoms with Crippen molar-refractivity contribution in [2.45, 2.75) is 62.6 Å². The lowest BCUT2D eigenvalue weighted by Crippen LogP contribution is -2.38. The third-order valence-electron chi connectivity index (χ3n) is 5.49. The molecule has 28 heavy (non-hydrogen) atoms. The minimum absolute atomic E-state index is 0.0448. The number of urea groups is 1. The highest BCUT2D eigenvalue weighted by Crippen LogP contribution is 2.37. The number of thioether (sulfide) groups is 1. The van der Waals surface area contributed by atoms with Gasteiger partial charge in [0.05, 0.1) is 11.1 Å².